The highest BCUT2D eigenvalue weighted by Crippen LogP contribution is 1.89. The number of aldehydes is 1. The molecule has 0 aliphatic carbocycles. The van der Waals surface area contributed by atoms with Gasteiger partial charge in [-0.1, -0.05) is 0 Å². The zero-order valence-electron chi connectivity index (χ0n) is 5.67. The van der Waals surface area contributed by atoms with E-state index in [1.807, 2.05) is 4.90 Å². The molecule has 0 aromatic carbocycles. The Hall–Kier alpha value is -0.900. The highest BCUT2D eigenvalue weighted by Gasteiger charge is 2.14. The molecule has 0 saturated carbocycles. The fourth-order valence-electron chi connectivity index (χ4n) is 0.953. The van der Waals surface area contributed by atoms with E-state index >= 15 is 0 Å². The van der Waals surface area contributed by atoms with Gasteiger partial charge in [0.2, 0.25) is 5.91 Å². The largest absolute Gasteiger partial charge is 0.354 e. The molecular weight excluding hydrogens is 132 g/mol. The molecule has 10 heavy (non-hydrogen) atoms. The molecule has 1 N–H and O–H groups in total. The standard InChI is InChI=1S/C6H10N2O2/c9-4-3-8-2-1-7-6(10)5-8/h4H,1-3,5H2,(H,7,10). The van der Waals surface area contributed by atoms with Gasteiger partial charge in [-0.15, -0.1) is 0 Å². The lowest BCUT2D eigenvalue weighted by atomic mass is 10.3. The summed E-state index contributed by atoms with van der Waals surface area (Å²) < 4.78 is 0. The van der Waals surface area contributed by atoms with Crippen LogP contribution in [0.2, 0.25) is 0 Å². The Morgan fingerprint density at radius 1 is 1.70 bits per heavy atom. The Bertz CT molecular complexity index is 147. The number of piperazine rings is 1. The molecule has 0 aromatic heterocycles. The predicted molar refractivity (Wildman–Crippen MR) is 35.5 cm³/mol. The quantitative estimate of drug-likeness (QED) is 0.483. The first kappa shape index (κ1) is 7.21. The third kappa shape index (κ3) is 1.80. The summed E-state index contributed by atoms with van der Waals surface area (Å²) in [5, 5.41) is 2.67. The van der Waals surface area contributed by atoms with E-state index in [9.17, 15) is 9.59 Å². The van der Waals surface area contributed by atoms with Gasteiger partial charge in [0.05, 0.1) is 13.1 Å². The van der Waals surface area contributed by atoms with Gasteiger partial charge < -0.3 is 10.1 Å². The van der Waals surface area contributed by atoms with E-state index < -0.39 is 0 Å². The Kier molecular flexibility index (Phi) is 2.39. The highest BCUT2D eigenvalue weighted by molar-refractivity contribution is 5.79. The van der Waals surface area contributed by atoms with Crippen molar-refractivity contribution in [1.82, 2.24) is 10.2 Å². The van der Waals surface area contributed by atoms with E-state index in [1.165, 1.54) is 0 Å². The van der Waals surface area contributed by atoms with Crippen LogP contribution in [0.3, 0.4) is 0 Å². The third-order valence-corrected chi connectivity index (χ3v) is 1.45. The van der Waals surface area contributed by atoms with E-state index in [0.29, 0.717) is 19.6 Å². The average molecular weight is 142 g/mol. The smallest absolute Gasteiger partial charge is 0.234 e. The fourth-order valence-corrected chi connectivity index (χ4v) is 0.953. The van der Waals surface area contributed by atoms with Crippen molar-refractivity contribution in [3.63, 3.8) is 0 Å². The number of nitrogens with one attached hydrogen (secondary N) is 1. The summed E-state index contributed by atoms with van der Waals surface area (Å²) in [7, 11) is 0. The number of amides is 1. The molecule has 1 saturated heterocycles. The lowest BCUT2D eigenvalue weighted by Gasteiger charge is -2.23. The number of hydrogen-bond donors (Lipinski definition) is 1. The maximum Gasteiger partial charge on any atom is 0.234 e. The molecule has 1 amide bonds. The van der Waals surface area contributed by atoms with Gasteiger partial charge in [-0.2, -0.15) is 0 Å². The zero-order chi connectivity index (χ0) is 7.40. The monoisotopic (exact) mass is 142 g/mol. The maximum absolute atomic E-state index is 10.7. The van der Waals surface area contributed by atoms with Crippen molar-refractivity contribution < 1.29 is 9.59 Å². The third-order valence-electron chi connectivity index (χ3n) is 1.45. The van der Waals surface area contributed by atoms with Gasteiger partial charge >= 0.3 is 0 Å². The van der Waals surface area contributed by atoms with Crippen molar-refractivity contribution >= 4 is 12.2 Å². The Balaban J connectivity index is 2.31. The molecule has 1 heterocycles. The van der Waals surface area contributed by atoms with Crippen LogP contribution in [0.1, 0.15) is 0 Å². The molecule has 1 fully saturated rings. The molecule has 56 valence electrons. The minimum atomic E-state index is 0.00750. The molecule has 0 aromatic rings. The normalized spacial score (nSPS) is 20.2. The van der Waals surface area contributed by atoms with Gasteiger partial charge in [0, 0.05) is 13.1 Å². The predicted octanol–water partition coefficient (Wildman–Crippen LogP) is -1.38. The second kappa shape index (κ2) is 3.31. The van der Waals surface area contributed by atoms with Crippen LogP contribution in [0.4, 0.5) is 0 Å². The van der Waals surface area contributed by atoms with Crippen molar-refractivity contribution in [2.75, 3.05) is 26.2 Å². The molecule has 0 atom stereocenters. The van der Waals surface area contributed by atoms with Crippen LogP contribution in [0.5, 0.6) is 0 Å². The summed E-state index contributed by atoms with van der Waals surface area (Å²) in [5.41, 5.74) is 0. The van der Waals surface area contributed by atoms with Crippen LogP contribution in [-0.2, 0) is 9.59 Å². The SMILES string of the molecule is O=CCN1CCNC(=O)C1. The summed E-state index contributed by atoms with van der Waals surface area (Å²) in [6.07, 6.45) is 0.818. The summed E-state index contributed by atoms with van der Waals surface area (Å²) in [4.78, 5) is 22.5. The first-order valence-corrected chi connectivity index (χ1v) is 3.25. The van der Waals surface area contributed by atoms with Gasteiger partial charge in [0.25, 0.3) is 0 Å². The summed E-state index contributed by atoms with van der Waals surface area (Å²) in [6, 6.07) is 0. The van der Waals surface area contributed by atoms with Crippen molar-refractivity contribution in [2.24, 2.45) is 0 Å². The van der Waals surface area contributed by atoms with E-state index in [4.69, 9.17) is 0 Å². The van der Waals surface area contributed by atoms with Crippen LogP contribution in [-0.4, -0.2) is 43.3 Å². The van der Waals surface area contributed by atoms with Crippen LogP contribution >= 0.6 is 0 Å². The van der Waals surface area contributed by atoms with Crippen molar-refractivity contribution in [2.45, 2.75) is 0 Å². The maximum atomic E-state index is 10.7. The molecule has 4 nitrogen and oxygen atoms in total. The summed E-state index contributed by atoms with van der Waals surface area (Å²) in [6.45, 7) is 2.17. The Morgan fingerprint density at radius 2 is 2.50 bits per heavy atom. The molecule has 1 aliphatic rings. The zero-order valence-corrected chi connectivity index (χ0v) is 5.67. The number of hydrogen-bond acceptors (Lipinski definition) is 3. The minimum Gasteiger partial charge on any atom is -0.354 e. The first-order valence-electron chi connectivity index (χ1n) is 3.25. The molecule has 0 bridgehead atoms. The van der Waals surface area contributed by atoms with E-state index in [2.05, 4.69) is 5.32 Å². The summed E-state index contributed by atoms with van der Waals surface area (Å²) in [5.74, 6) is 0.00750. The second-order valence-corrected chi connectivity index (χ2v) is 2.25. The van der Waals surface area contributed by atoms with Crippen LogP contribution in [0, 0.1) is 0 Å². The molecule has 4 heteroatoms. The van der Waals surface area contributed by atoms with Gasteiger partial charge in [-0.05, 0) is 0 Å². The van der Waals surface area contributed by atoms with Crippen LogP contribution in [0.25, 0.3) is 0 Å². The second-order valence-electron chi connectivity index (χ2n) is 2.25. The van der Waals surface area contributed by atoms with E-state index in [0.717, 1.165) is 12.8 Å². The van der Waals surface area contributed by atoms with Crippen LogP contribution < -0.4 is 5.32 Å². The highest BCUT2D eigenvalue weighted by atomic mass is 16.2. The Labute approximate surface area is 59.2 Å². The summed E-state index contributed by atoms with van der Waals surface area (Å²) >= 11 is 0. The lowest BCUT2D eigenvalue weighted by Crippen LogP contribution is -2.48. The molecule has 0 radical (unpaired) electrons. The molecule has 0 unspecified atom stereocenters. The molecule has 0 spiro atoms. The van der Waals surface area contributed by atoms with Gasteiger partial charge in [-0.25, -0.2) is 0 Å². The topological polar surface area (TPSA) is 49.4 Å². The number of nitrogens with zero attached hydrogens (tertiary/aromatic N) is 1. The molecular formula is C6H10N2O2. The van der Waals surface area contributed by atoms with Gasteiger partial charge in [-0.3, -0.25) is 9.69 Å². The lowest BCUT2D eigenvalue weighted by molar-refractivity contribution is -0.124. The number of carbonyl (C=O) groups is 2. The molecule has 1 rings (SSSR count). The van der Waals surface area contributed by atoms with E-state index in [-0.39, 0.29) is 5.91 Å². The van der Waals surface area contributed by atoms with Crippen molar-refractivity contribution in [3.8, 4) is 0 Å². The average Bonchev–Trinajstić information content (AvgIpc) is 1.88. The first-order chi connectivity index (χ1) is 4.83. The molecule has 1 aliphatic heterocycles. The minimum absolute atomic E-state index is 0.00750. The van der Waals surface area contributed by atoms with Crippen LogP contribution in [0.15, 0.2) is 0 Å². The van der Waals surface area contributed by atoms with Gasteiger partial charge in [0.1, 0.15) is 6.29 Å². The van der Waals surface area contributed by atoms with E-state index in [1.54, 1.807) is 0 Å². The Morgan fingerprint density at radius 3 is 3.10 bits per heavy atom. The number of carbonyl (C=O) groups excluding carboxylic acids is 2. The van der Waals surface area contributed by atoms with Crippen molar-refractivity contribution in [3.05, 3.63) is 0 Å². The fraction of sp³-hybridized carbons (Fsp3) is 0.667. The van der Waals surface area contributed by atoms with Gasteiger partial charge in [0.15, 0.2) is 0 Å². The number of rotatable bonds is 2. The van der Waals surface area contributed by atoms with Crippen molar-refractivity contribution in [1.29, 1.82) is 0 Å².